The Morgan fingerprint density at radius 3 is 2.09 bits per heavy atom. The number of methoxy groups -OCH3 is 2. The standard InChI is InChI=1S/C18H20N2O3/c1-20-18(21)17(13-4-6-14(19)7-5-13)10-12-8-15(22-2)11-16(9-12)23-3/h4-11H,19H2,1-3H3,(H,20,21)/b17-10+. The smallest absolute Gasteiger partial charge is 0.251 e. The Morgan fingerprint density at radius 2 is 1.61 bits per heavy atom. The van der Waals surface area contributed by atoms with Crippen molar-refractivity contribution in [2.24, 2.45) is 0 Å². The Balaban J connectivity index is 2.53. The van der Waals surface area contributed by atoms with E-state index in [4.69, 9.17) is 15.2 Å². The first-order valence-corrected chi connectivity index (χ1v) is 7.10. The van der Waals surface area contributed by atoms with Crippen LogP contribution in [0.3, 0.4) is 0 Å². The molecule has 0 bridgehead atoms. The summed E-state index contributed by atoms with van der Waals surface area (Å²) >= 11 is 0. The summed E-state index contributed by atoms with van der Waals surface area (Å²) in [4.78, 5) is 12.2. The van der Waals surface area contributed by atoms with Crippen LogP contribution in [0.1, 0.15) is 11.1 Å². The number of hydrogen-bond acceptors (Lipinski definition) is 4. The van der Waals surface area contributed by atoms with Gasteiger partial charge in [0.05, 0.1) is 14.2 Å². The van der Waals surface area contributed by atoms with Crippen molar-refractivity contribution in [3.63, 3.8) is 0 Å². The lowest BCUT2D eigenvalue weighted by molar-refractivity contribution is -0.115. The van der Waals surface area contributed by atoms with Gasteiger partial charge < -0.3 is 20.5 Å². The van der Waals surface area contributed by atoms with Crippen molar-refractivity contribution >= 4 is 23.2 Å². The Bertz CT molecular complexity index is 699. The molecule has 2 rings (SSSR count). The van der Waals surface area contributed by atoms with Gasteiger partial charge in [-0.3, -0.25) is 4.79 Å². The minimum Gasteiger partial charge on any atom is -0.497 e. The lowest BCUT2D eigenvalue weighted by Gasteiger charge is -2.09. The van der Waals surface area contributed by atoms with E-state index in [1.54, 1.807) is 45.5 Å². The Kier molecular flexibility index (Phi) is 5.25. The summed E-state index contributed by atoms with van der Waals surface area (Å²) < 4.78 is 10.5. The molecule has 5 nitrogen and oxygen atoms in total. The van der Waals surface area contributed by atoms with Crippen LogP contribution in [0.5, 0.6) is 11.5 Å². The molecule has 0 aliphatic rings. The maximum atomic E-state index is 12.2. The molecule has 0 aliphatic heterocycles. The van der Waals surface area contributed by atoms with E-state index in [0.717, 1.165) is 11.1 Å². The first-order chi connectivity index (χ1) is 11.1. The van der Waals surface area contributed by atoms with Gasteiger partial charge in [-0.25, -0.2) is 0 Å². The number of nitrogens with two attached hydrogens (primary N) is 1. The molecule has 5 heteroatoms. The minimum absolute atomic E-state index is 0.184. The zero-order valence-electron chi connectivity index (χ0n) is 13.4. The van der Waals surface area contributed by atoms with Gasteiger partial charge in [-0.05, 0) is 41.5 Å². The summed E-state index contributed by atoms with van der Waals surface area (Å²) in [5.74, 6) is 1.13. The van der Waals surface area contributed by atoms with E-state index in [-0.39, 0.29) is 5.91 Å². The third-order valence-corrected chi connectivity index (χ3v) is 3.38. The van der Waals surface area contributed by atoms with Crippen molar-refractivity contribution in [3.05, 3.63) is 53.6 Å². The first-order valence-electron chi connectivity index (χ1n) is 7.10. The van der Waals surface area contributed by atoms with Crippen molar-refractivity contribution in [1.29, 1.82) is 0 Å². The molecule has 3 N–H and O–H groups in total. The molecule has 0 radical (unpaired) electrons. The van der Waals surface area contributed by atoms with Gasteiger partial charge in [0, 0.05) is 24.4 Å². The second kappa shape index (κ2) is 7.35. The molecule has 0 aromatic heterocycles. The van der Waals surface area contributed by atoms with Gasteiger partial charge in [-0.1, -0.05) is 12.1 Å². The van der Waals surface area contributed by atoms with Crippen LogP contribution in [-0.4, -0.2) is 27.2 Å². The average molecular weight is 312 g/mol. The van der Waals surface area contributed by atoms with Crippen LogP contribution in [0.4, 0.5) is 5.69 Å². The van der Waals surface area contributed by atoms with Gasteiger partial charge in [0.25, 0.3) is 5.91 Å². The number of carbonyl (C=O) groups is 1. The molecule has 0 fully saturated rings. The van der Waals surface area contributed by atoms with Crippen LogP contribution in [0.25, 0.3) is 11.6 Å². The fourth-order valence-corrected chi connectivity index (χ4v) is 2.16. The van der Waals surface area contributed by atoms with Crippen LogP contribution in [0.2, 0.25) is 0 Å². The quantitative estimate of drug-likeness (QED) is 0.505. The second-order valence-corrected chi connectivity index (χ2v) is 4.91. The summed E-state index contributed by atoms with van der Waals surface area (Å²) in [5.41, 5.74) is 8.47. The van der Waals surface area contributed by atoms with Crippen molar-refractivity contribution in [2.45, 2.75) is 0 Å². The normalized spacial score (nSPS) is 11.0. The van der Waals surface area contributed by atoms with Crippen molar-refractivity contribution < 1.29 is 14.3 Å². The second-order valence-electron chi connectivity index (χ2n) is 4.91. The van der Waals surface area contributed by atoms with Gasteiger partial charge >= 0.3 is 0 Å². The van der Waals surface area contributed by atoms with E-state index in [1.165, 1.54) is 0 Å². The summed E-state index contributed by atoms with van der Waals surface area (Å²) in [6, 6.07) is 12.6. The number of ether oxygens (including phenoxy) is 2. The van der Waals surface area contributed by atoms with Gasteiger partial charge in [-0.15, -0.1) is 0 Å². The van der Waals surface area contributed by atoms with E-state index < -0.39 is 0 Å². The van der Waals surface area contributed by atoms with Crippen LogP contribution in [-0.2, 0) is 4.79 Å². The van der Waals surface area contributed by atoms with Crippen LogP contribution < -0.4 is 20.5 Å². The van der Waals surface area contributed by atoms with E-state index in [9.17, 15) is 4.79 Å². The topological polar surface area (TPSA) is 73.6 Å². The molecule has 0 aliphatic carbocycles. The molecule has 0 unspecified atom stereocenters. The summed E-state index contributed by atoms with van der Waals surface area (Å²) in [6.45, 7) is 0. The highest BCUT2D eigenvalue weighted by Crippen LogP contribution is 2.26. The molecule has 23 heavy (non-hydrogen) atoms. The summed E-state index contributed by atoms with van der Waals surface area (Å²) in [7, 11) is 4.77. The summed E-state index contributed by atoms with van der Waals surface area (Å²) in [5, 5.41) is 2.65. The fourth-order valence-electron chi connectivity index (χ4n) is 2.16. The summed E-state index contributed by atoms with van der Waals surface area (Å²) in [6.07, 6.45) is 1.79. The molecule has 0 saturated heterocycles. The third kappa shape index (κ3) is 4.03. The van der Waals surface area contributed by atoms with Crippen molar-refractivity contribution in [2.75, 3.05) is 27.0 Å². The number of benzene rings is 2. The zero-order chi connectivity index (χ0) is 16.8. The third-order valence-electron chi connectivity index (χ3n) is 3.38. The predicted octanol–water partition coefficient (Wildman–Crippen LogP) is 2.57. The Morgan fingerprint density at radius 1 is 1.04 bits per heavy atom. The highest BCUT2D eigenvalue weighted by molar-refractivity contribution is 6.24. The van der Waals surface area contributed by atoms with Gasteiger partial charge in [0.15, 0.2) is 0 Å². The number of amides is 1. The van der Waals surface area contributed by atoms with Crippen LogP contribution >= 0.6 is 0 Å². The molecular formula is C18H20N2O3. The Hall–Kier alpha value is -2.95. The molecule has 120 valence electrons. The lowest BCUT2D eigenvalue weighted by atomic mass is 10.0. The van der Waals surface area contributed by atoms with E-state index in [1.807, 2.05) is 24.3 Å². The predicted molar refractivity (Wildman–Crippen MR) is 92.3 cm³/mol. The molecule has 0 atom stereocenters. The van der Waals surface area contributed by atoms with Crippen LogP contribution in [0.15, 0.2) is 42.5 Å². The number of likely N-dealkylation sites (N-methyl/N-ethyl adjacent to an activating group) is 1. The van der Waals surface area contributed by atoms with E-state index in [0.29, 0.717) is 22.8 Å². The monoisotopic (exact) mass is 312 g/mol. The van der Waals surface area contributed by atoms with Crippen LogP contribution in [0, 0.1) is 0 Å². The van der Waals surface area contributed by atoms with Crippen molar-refractivity contribution in [1.82, 2.24) is 5.32 Å². The molecule has 2 aromatic rings. The maximum Gasteiger partial charge on any atom is 0.251 e. The fraction of sp³-hybridized carbons (Fsp3) is 0.167. The number of anilines is 1. The highest BCUT2D eigenvalue weighted by Gasteiger charge is 2.11. The molecule has 0 spiro atoms. The molecule has 2 aromatic carbocycles. The number of nitrogens with one attached hydrogen (secondary N) is 1. The SMILES string of the molecule is CNC(=O)/C(=C/c1cc(OC)cc(OC)c1)c1ccc(N)cc1. The lowest BCUT2D eigenvalue weighted by Crippen LogP contribution is -2.19. The Labute approximate surface area is 135 Å². The van der Waals surface area contributed by atoms with Gasteiger partial charge in [-0.2, -0.15) is 0 Å². The molecule has 0 saturated carbocycles. The van der Waals surface area contributed by atoms with Crippen molar-refractivity contribution in [3.8, 4) is 11.5 Å². The highest BCUT2D eigenvalue weighted by atomic mass is 16.5. The largest absolute Gasteiger partial charge is 0.497 e. The first kappa shape index (κ1) is 16.4. The maximum absolute atomic E-state index is 12.2. The molecule has 0 heterocycles. The average Bonchev–Trinajstić information content (AvgIpc) is 2.59. The molecule has 1 amide bonds. The zero-order valence-corrected chi connectivity index (χ0v) is 13.4. The van der Waals surface area contributed by atoms with Gasteiger partial charge in [0.1, 0.15) is 11.5 Å². The number of rotatable bonds is 5. The number of nitrogen functional groups attached to an aromatic ring is 1. The van der Waals surface area contributed by atoms with E-state index in [2.05, 4.69) is 5.32 Å². The number of hydrogen-bond donors (Lipinski definition) is 2. The molecular weight excluding hydrogens is 292 g/mol. The minimum atomic E-state index is -0.184. The van der Waals surface area contributed by atoms with Gasteiger partial charge in [0.2, 0.25) is 0 Å². The number of carbonyl (C=O) groups excluding carboxylic acids is 1. The van der Waals surface area contributed by atoms with E-state index >= 15 is 0 Å².